The highest BCUT2D eigenvalue weighted by atomic mass is 32.1. The first-order valence-electron chi connectivity index (χ1n) is 11.0. The molecule has 6 heteroatoms. The minimum atomic E-state index is 0.131. The van der Waals surface area contributed by atoms with Gasteiger partial charge in [-0.2, -0.15) is 0 Å². The highest BCUT2D eigenvalue weighted by Crippen LogP contribution is 2.27. The number of hydrogen-bond donors (Lipinski definition) is 0. The van der Waals surface area contributed by atoms with Crippen molar-refractivity contribution in [2.45, 2.75) is 32.4 Å². The molecule has 5 nitrogen and oxygen atoms in total. The van der Waals surface area contributed by atoms with E-state index in [1.54, 1.807) is 0 Å². The van der Waals surface area contributed by atoms with Crippen LogP contribution in [-0.4, -0.2) is 46.9 Å². The summed E-state index contributed by atoms with van der Waals surface area (Å²) in [4.78, 5) is 22.5. The van der Waals surface area contributed by atoms with Gasteiger partial charge >= 0.3 is 0 Å². The summed E-state index contributed by atoms with van der Waals surface area (Å²) in [5.74, 6) is 1.05. The van der Waals surface area contributed by atoms with Gasteiger partial charge in [0.05, 0.1) is 10.6 Å². The topological polar surface area (TPSA) is 45.7 Å². The molecule has 160 valence electrons. The summed E-state index contributed by atoms with van der Waals surface area (Å²) < 4.78 is 6.00. The van der Waals surface area contributed by atoms with Crippen LogP contribution in [0.5, 0.6) is 5.75 Å². The molecule has 1 saturated heterocycles. The van der Waals surface area contributed by atoms with Gasteiger partial charge in [0, 0.05) is 44.5 Å². The van der Waals surface area contributed by atoms with Crippen LogP contribution in [0.25, 0.3) is 0 Å². The van der Waals surface area contributed by atoms with Gasteiger partial charge in [0.25, 0.3) is 5.91 Å². The number of aromatic nitrogens is 1. The van der Waals surface area contributed by atoms with Crippen molar-refractivity contribution >= 4 is 17.2 Å². The average molecular weight is 434 g/mol. The van der Waals surface area contributed by atoms with Gasteiger partial charge in [-0.05, 0) is 66.1 Å². The molecular formula is C25H27N3O2S. The molecule has 2 aromatic heterocycles. The number of hydrogen-bond acceptors (Lipinski definition) is 5. The number of rotatable bonds is 6. The monoisotopic (exact) mass is 433 g/mol. The Labute approximate surface area is 187 Å². The Morgan fingerprint density at radius 2 is 1.90 bits per heavy atom. The number of nitrogens with zero attached hydrogens (tertiary/aromatic N) is 3. The van der Waals surface area contributed by atoms with E-state index in [0.29, 0.717) is 6.61 Å². The third-order valence-electron chi connectivity index (χ3n) is 6.11. The quantitative estimate of drug-likeness (QED) is 0.585. The van der Waals surface area contributed by atoms with Gasteiger partial charge in [-0.3, -0.25) is 14.7 Å². The molecule has 2 aliphatic rings. The van der Waals surface area contributed by atoms with Gasteiger partial charge in [-0.25, -0.2) is 0 Å². The molecule has 3 heterocycles. The smallest absolute Gasteiger partial charge is 0.264 e. The van der Waals surface area contributed by atoms with E-state index in [0.717, 1.165) is 61.0 Å². The lowest BCUT2D eigenvalue weighted by molar-refractivity contribution is 0.0631. The van der Waals surface area contributed by atoms with Gasteiger partial charge in [0.2, 0.25) is 0 Å². The van der Waals surface area contributed by atoms with E-state index >= 15 is 0 Å². The van der Waals surface area contributed by atoms with Crippen LogP contribution < -0.4 is 4.74 Å². The van der Waals surface area contributed by atoms with E-state index < -0.39 is 0 Å². The van der Waals surface area contributed by atoms with E-state index in [1.165, 1.54) is 35.3 Å². The predicted molar refractivity (Wildman–Crippen MR) is 123 cm³/mol. The van der Waals surface area contributed by atoms with E-state index in [9.17, 15) is 4.79 Å². The maximum Gasteiger partial charge on any atom is 0.264 e. The molecule has 3 aromatic rings. The van der Waals surface area contributed by atoms with Gasteiger partial charge in [0.15, 0.2) is 0 Å². The second-order valence-electron chi connectivity index (χ2n) is 8.28. The molecular weight excluding hydrogens is 406 g/mol. The number of ether oxygens (including phenoxy) is 1. The number of pyridine rings is 1. The van der Waals surface area contributed by atoms with Crippen molar-refractivity contribution in [1.29, 1.82) is 0 Å². The Morgan fingerprint density at radius 1 is 1.03 bits per heavy atom. The second-order valence-corrected chi connectivity index (χ2v) is 9.19. The van der Waals surface area contributed by atoms with E-state index in [4.69, 9.17) is 4.74 Å². The van der Waals surface area contributed by atoms with Crippen LogP contribution in [0.1, 0.15) is 38.5 Å². The molecule has 0 radical (unpaired) electrons. The van der Waals surface area contributed by atoms with Crippen LogP contribution in [-0.2, 0) is 26.0 Å². The van der Waals surface area contributed by atoms with Gasteiger partial charge in [-0.15, -0.1) is 11.3 Å². The van der Waals surface area contributed by atoms with Crippen LogP contribution in [0, 0.1) is 0 Å². The summed E-state index contributed by atoms with van der Waals surface area (Å²) >= 11 is 1.52. The predicted octanol–water partition coefficient (Wildman–Crippen LogP) is 4.17. The number of aryl methyl sites for hydroxylation is 2. The number of fused-ring (bicyclic) bond motifs is 1. The van der Waals surface area contributed by atoms with Crippen LogP contribution in [0.3, 0.4) is 0 Å². The Kier molecular flexibility index (Phi) is 6.00. The fourth-order valence-electron chi connectivity index (χ4n) is 4.35. The summed E-state index contributed by atoms with van der Waals surface area (Å²) in [5, 5.41) is 2.04. The summed E-state index contributed by atoms with van der Waals surface area (Å²) in [6.45, 7) is 4.60. The number of thiophene rings is 1. The average Bonchev–Trinajstić information content (AvgIpc) is 3.48. The van der Waals surface area contributed by atoms with E-state index in [-0.39, 0.29) is 5.91 Å². The Balaban J connectivity index is 1.12. The molecule has 0 saturated carbocycles. The molecule has 0 N–H and O–H groups in total. The molecule has 1 fully saturated rings. The van der Waals surface area contributed by atoms with Crippen LogP contribution in [0.2, 0.25) is 0 Å². The number of carbonyl (C=O) groups is 1. The molecule has 1 aliphatic carbocycles. The third-order valence-corrected chi connectivity index (χ3v) is 7.08. The summed E-state index contributed by atoms with van der Waals surface area (Å²) in [6, 6.07) is 14.4. The van der Waals surface area contributed by atoms with Crippen LogP contribution >= 0.6 is 11.3 Å². The molecule has 0 atom stereocenters. The maximum absolute atomic E-state index is 12.9. The number of piperazine rings is 1. The van der Waals surface area contributed by atoms with Gasteiger partial charge in [-0.1, -0.05) is 12.1 Å². The molecule has 0 unspecified atom stereocenters. The Morgan fingerprint density at radius 3 is 2.74 bits per heavy atom. The molecule has 1 aromatic carbocycles. The first-order valence-corrected chi connectivity index (χ1v) is 11.9. The van der Waals surface area contributed by atoms with Crippen molar-refractivity contribution in [3.8, 4) is 5.75 Å². The van der Waals surface area contributed by atoms with Crippen LogP contribution in [0.4, 0.5) is 0 Å². The van der Waals surface area contributed by atoms with Crippen LogP contribution in [0.15, 0.2) is 54.0 Å². The van der Waals surface area contributed by atoms with Gasteiger partial charge in [0.1, 0.15) is 12.4 Å². The minimum absolute atomic E-state index is 0.131. The first-order chi connectivity index (χ1) is 15.2. The SMILES string of the molecule is O=C(c1cc(COc2ccc3c(c2)CCC3)cs1)N1CCN(Cc2ccccn2)CC1. The fourth-order valence-corrected chi connectivity index (χ4v) is 5.22. The Bertz CT molecular complexity index is 1040. The van der Waals surface area contributed by atoms with Crippen molar-refractivity contribution in [3.63, 3.8) is 0 Å². The molecule has 5 rings (SSSR count). The normalized spacial score (nSPS) is 16.3. The molecule has 1 amide bonds. The molecule has 1 aliphatic heterocycles. The lowest BCUT2D eigenvalue weighted by atomic mass is 10.1. The minimum Gasteiger partial charge on any atom is -0.489 e. The zero-order valence-electron chi connectivity index (χ0n) is 17.6. The Hall–Kier alpha value is -2.70. The van der Waals surface area contributed by atoms with Crippen molar-refractivity contribution in [2.75, 3.05) is 26.2 Å². The molecule has 0 spiro atoms. The second kappa shape index (κ2) is 9.20. The summed E-state index contributed by atoms with van der Waals surface area (Å²) in [7, 11) is 0. The first kappa shape index (κ1) is 20.2. The lowest BCUT2D eigenvalue weighted by Gasteiger charge is -2.34. The zero-order valence-corrected chi connectivity index (χ0v) is 18.4. The number of benzene rings is 1. The summed E-state index contributed by atoms with van der Waals surface area (Å²) in [5.41, 5.74) is 5.01. The van der Waals surface area contributed by atoms with E-state index in [2.05, 4.69) is 34.1 Å². The largest absolute Gasteiger partial charge is 0.489 e. The van der Waals surface area contributed by atoms with Crippen molar-refractivity contribution in [1.82, 2.24) is 14.8 Å². The molecule has 31 heavy (non-hydrogen) atoms. The number of carbonyl (C=O) groups excluding carboxylic acids is 1. The van der Waals surface area contributed by atoms with Crippen molar-refractivity contribution < 1.29 is 9.53 Å². The number of amides is 1. The van der Waals surface area contributed by atoms with Crippen molar-refractivity contribution in [3.05, 3.63) is 81.3 Å². The zero-order chi connectivity index (χ0) is 21.0. The van der Waals surface area contributed by atoms with E-state index in [1.807, 2.05) is 34.7 Å². The van der Waals surface area contributed by atoms with Crippen molar-refractivity contribution in [2.24, 2.45) is 0 Å². The standard InChI is InChI=1S/C25H27N3O2S/c29-25(28-12-10-27(11-13-28)16-22-6-1-2-9-26-22)24-14-19(18-31-24)17-30-23-8-7-20-4-3-5-21(20)15-23/h1-2,6-9,14-15,18H,3-5,10-13,16-17H2. The highest BCUT2D eigenvalue weighted by molar-refractivity contribution is 7.12. The lowest BCUT2D eigenvalue weighted by Crippen LogP contribution is -2.48. The van der Waals surface area contributed by atoms with Gasteiger partial charge < -0.3 is 9.64 Å². The highest BCUT2D eigenvalue weighted by Gasteiger charge is 2.23. The summed E-state index contributed by atoms with van der Waals surface area (Å²) in [6.07, 6.45) is 5.41. The third kappa shape index (κ3) is 4.81. The fraction of sp³-hybridized carbons (Fsp3) is 0.360. The molecule has 0 bridgehead atoms. The maximum atomic E-state index is 12.9.